The van der Waals surface area contributed by atoms with Crippen molar-refractivity contribution in [3.05, 3.63) is 75.6 Å². The third-order valence-corrected chi connectivity index (χ3v) is 6.11. The number of methoxy groups -OCH3 is 1. The second kappa shape index (κ2) is 10.1. The van der Waals surface area contributed by atoms with Gasteiger partial charge < -0.3 is 24.7 Å². The van der Waals surface area contributed by atoms with Crippen LogP contribution in [0.15, 0.2) is 53.3 Å². The standard InChI is InChI=1S/C25H27N3O4S/c1-16-9-10-17-13-18(23(29)26-22(17)12-16)14-28(15-19-6-5-11-32-19)25(33)27-21-8-4-3-7-20(21)24(30)31-2/h3-4,7-10,12-13,19H,5-6,11,14-15H2,1-2H3,(H,26,29)(H,27,33)/t19-/m1/s1. The topological polar surface area (TPSA) is 83.7 Å². The molecular weight excluding hydrogens is 438 g/mol. The molecule has 0 bridgehead atoms. The van der Waals surface area contributed by atoms with Gasteiger partial charge in [-0.1, -0.05) is 24.3 Å². The summed E-state index contributed by atoms with van der Waals surface area (Å²) in [5.41, 5.74) is 3.29. The molecule has 8 heteroatoms. The Balaban J connectivity index is 1.62. The van der Waals surface area contributed by atoms with Crippen LogP contribution in [0.3, 0.4) is 0 Å². The van der Waals surface area contributed by atoms with Crippen molar-refractivity contribution in [2.75, 3.05) is 25.6 Å². The maximum absolute atomic E-state index is 12.8. The number of fused-ring (bicyclic) bond motifs is 1. The van der Waals surface area contributed by atoms with E-state index in [0.29, 0.717) is 35.0 Å². The monoisotopic (exact) mass is 465 g/mol. The second-order valence-electron chi connectivity index (χ2n) is 8.20. The molecule has 33 heavy (non-hydrogen) atoms. The van der Waals surface area contributed by atoms with Crippen molar-refractivity contribution < 1.29 is 14.3 Å². The first-order chi connectivity index (χ1) is 15.9. The van der Waals surface area contributed by atoms with Gasteiger partial charge in [-0.2, -0.15) is 0 Å². The van der Waals surface area contributed by atoms with Crippen molar-refractivity contribution in [3.63, 3.8) is 0 Å². The Bertz CT molecular complexity index is 1230. The predicted octanol–water partition coefficient (Wildman–Crippen LogP) is 4.00. The molecule has 0 amide bonds. The molecule has 1 aromatic heterocycles. The highest BCUT2D eigenvalue weighted by Gasteiger charge is 2.23. The molecule has 1 fully saturated rings. The van der Waals surface area contributed by atoms with Gasteiger partial charge in [0.05, 0.1) is 31.0 Å². The predicted molar refractivity (Wildman–Crippen MR) is 133 cm³/mol. The summed E-state index contributed by atoms with van der Waals surface area (Å²) in [6.45, 7) is 3.56. The van der Waals surface area contributed by atoms with Crippen LogP contribution in [0, 0.1) is 6.92 Å². The van der Waals surface area contributed by atoms with E-state index in [1.165, 1.54) is 7.11 Å². The molecule has 0 saturated carbocycles. The molecule has 3 aromatic rings. The molecule has 0 spiro atoms. The molecule has 172 valence electrons. The van der Waals surface area contributed by atoms with Gasteiger partial charge in [0, 0.05) is 24.2 Å². The first-order valence-electron chi connectivity index (χ1n) is 10.9. The normalized spacial score (nSPS) is 15.4. The van der Waals surface area contributed by atoms with E-state index in [0.717, 1.165) is 35.9 Å². The Labute approximate surface area is 197 Å². The van der Waals surface area contributed by atoms with Crippen LogP contribution in [-0.2, 0) is 16.0 Å². The number of H-pyrrole nitrogens is 1. The number of anilines is 1. The number of para-hydroxylation sites is 1. The molecule has 2 aromatic carbocycles. The first kappa shape index (κ1) is 22.9. The number of esters is 1. The highest BCUT2D eigenvalue weighted by molar-refractivity contribution is 7.80. The third-order valence-electron chi connectivity index (χ3n) is 5.75. The summed E-state index contributed by atoms with van der Waals surface area (Å²) < 4.78 is 10.7. The highest BCUT2D eigenvalue weighted by atomic mass is 32.1. The lowest BCUT2D eigenvalue weighted by Crippen LogP contribution is -2.40. The molecule has 0 aliphatic carbocycles. The van der Waals surface area contributed by atoms with E-state index in [9.17, 15) is 9.59 Å². The fraction of sp³-hybridized carbons (Fsp3) is 0.320. The highest BCUT2D eigenvalue weighted by Crippen LogP contribution is 2.20. The van der Waals surface area contributed by atoms with Crippen LogP contribution in [0.25, 0.3) is 10.9 Å². The average Bonchev–Trinajstić information content (AvgIpc) is 3.32. The minimum atomic E-state index is -0.451. The zero-order valence-corrected chi connectivity index (χ0v) is 19.5. The van der Waals surface area contributed by atoms with Crippen molar-refractivity contribution in [3.8, 4) is 0 Å². The zero-order chi connectivity index (χ0) is 23.4. The van der Waals surface area contributed by atoms with Crippen LogP contribution in [0.5, 0.6) is 0 Å². The summed E-state index contributed by atoms with van der Waals surface area (Å²) in [4.78, 5) is 29.9. The van der Waals surface area contributed by atoms with Crippen molar-refractivity contribution >= 4 is 39.9 Å². The Morgan fingerprint density at radius 3 is 2.85 bits per heavy atom. The molecule has 2 N–H and O–H groups in total. The summed E-state index contributed by atoms with van der Waals surface area (Å²) in [7, 11) is 1.34. The van der Waals surface area contributed by atoms with E-state index in [1.54, 1.807) is 18.2 Å². The Kier molecular flexibility index (Phi) is 7.05. The molecule has 1 aliphatic rings. The van der Waals surface area contributed by atoms with E-state index in [-0.39, 0.29) is 11.7 Å². The van der Waals surface area contributed by atoms with Gasteiger partial charge in [-0.05, 0) is 67.2 Å². The van der Waals surface area contributed by atoms with E-state index in [1.807, 2.05) is 42.2 Å². The number of aryl methyl sites for hydroxylation is 1. The van der Waals surface area contributed by atoms with Crippen LogP contribution in [0.1, 0.15) is 34.3 Å². The fourth-order valence-corrected chi connectivity index (χ4v) is 4.26. The van der Waals surface area contributed by atoms with Crippen molar-refractivity contribution in [1.82, 2.24) is 9.88 Å². The maximum atomic E-state index is 12.8. The molecule has 1 aliphatic heterocycles. The quantitative estimate of drug-likeness (QED) is 0.420. The molecule has 4 rings (SSSR count). The number of thiocarbonyl (C=S) groups is 1. The third kappa shape index (κ3) is 5.40. The summed E-state index contributed by atoms with van der Waals surface area (Å²) >= 11 is 5.72. The maximum Gasteiger partial charge on any atom is 0.339 e. The Hall–Kier alpha value is -3.23. The van der Waals surface area contributed by atoms with Gasteiger partial charge in [-0.3, -0.25) is 4.79 Å². The van der Waals surface area contributed by atoms with Crippen LogP contribution in [0.4, 0.5) is 5.69 Å². The zero-order valence-electron chi connectivity index (χ0n) is 18.7. The number of aromatic nitrogens is 1. The Morgan fingerprint density at radius 1 is 1.27 bits per heavy atom. The molecular formula is C25H27N3O4S. The molecule has 1 saturated heterocycles. The summed E-state index contributed by atoms with van der Waals surface area (Å²) in [6, 6.07) is 14.9. The van der Waals surface area contributed by atoms with Crippen molar-refractivity contribution in [2.45, 2.75) is 32.4 Å². The molecule has 7 nitrogen and oxygen atoms in total. The van der Waals surface area contributed by atoms with Crippen LogP contribution >= 0.6 is 12.2 Å². The lowest BCUT2D eigenvalue weighted by molar-refractivity contribution is 0.0602. The second-order valence-corrected chi connectivity index (χ2v) is 8.58. The minimum absolute atomic E-state index is 0.0304. The Morgan fingerprint density at radius 2 is 2.09 bits per heavy atom. The number of nitrogens with one attached hydrogen (secondary N) is 2. The number of hydrogen-bond acceptors (Lipinski definition) is 5. The summed E-state index contributed by atoms with van der Waals surface area (Å²) in [5, 5.41) is 4.54. The van der Waals surface area contributed by atoms with Crippen molar-refractivity contribution in [1.29, 1.82) is 0 Å². The molecule has 0 radical (unpaired) electrons. The van der Waals surface area contributed by atoms with E-state index < -0.39 is 5.97 Å². The smallest absolute Gasteiger partial charge is 0.339 e. The number of carbonyl (C=O) groups excluding carboxylic acids is 1. The lowest BCUT2D eigenvalue weighted by Gasteiger charge is -2.28. The van der Waals surface area contributed by atoms with Gasteiger partial charge >= 0.3 is 5.97 Å². The van der Waals surface area contributed by atoms with E-state index in [2.05, 4.69) is 10.3 Å². The van der Waals surface area contributed by atoms with E-state index >= 15 is 0 Å². The average molecular weight is 466 g/mol. The number of aromatic amines is 1. The number of pyridine rings is 1. The number of benzene rings is 2. The van der Waals surface area contributed by atoms with Crippen molar-refractivity contribution in [2.24, 2.45) is 0 Å². The number of nitrogens with zero attached hydrogens (tertiary/aromatic N) is 1. The molecule has 2 heterocycles. The van der Waals surface area contributed by atoms with Gasteiger partial charge in [0.15, 0.2) is 5.11 Å². The van der Waals surface area contributed by atoms with Gasteiger partial charge in [-0.25, -0.2) is 4.79 Å². The van der Waals surface area contributed by atoms with Gasteiger partial charge in [0.25, 0.3) is 5.56 Å². The lowest BCUT2D eigenvalue weighted by atomic mass is 10.1. The number of ether oxygens (including phenoxy) is 2. The molecule has 1 atom stereocenters. The number of hydrogen-bond donors (Lipinski definition) is 2. The number of rotatable bonds is 6. The van der Waals surface area contributed by atoms with Gasteiger partial charge in [0.2, 0.25) is 0 Å². The minimum Gasteiger partial charge on any atom is -0.465 e. The van der Waals surface area contributed by atoms with Crippen LogP contribution in [0.2, 0.25) is 0 Å². The van der Waals surface area contributed by atoms with E-state index in [4.69, 9.17) is 21.7 Å². The first-order valence-corrected chi connectivity index (χ1v) is 11.3. The van der Waals surface area contributed by atoms with Gasteiger partial charge in [-0.15, -0.1) is 0 Å². The number of carbonyl (C=O) groups is 1. The van der Waals surface area contributed by atoms with Crippen LogP contribution in [-0.4, -0.2) is 47.3 Å². The largest absolute Gasteiger partial charge is 0.465 e. The molecule has 0 unspecified atom stereocenters. The SMILES string of the molecule is COC(=O)c1ccccc1NC(=S)N(Cc1cc2ccc(C)cc2[nH]c1=O)C[C@H]1CCCO1. The summed E-state index contributed by atoms with van der Waals surface area (Å²) in [6.07, 6.45) is 1.97. The van der Waals surface area contributed by atoms with Crippen LogP contribution < -0.4 is 10.9 Å². The fourth-order valence-electron chi connectivity index (χ4n) is 4.01. The summed E-state index contributed by atoms with van der Waals surface area (Å²) in [5.74, 6) is -0.451. The van der Waals surface area contributed by atoms with Gasteiger partial charge in [0.1, 0.15) is 0 Å².